The van der Waals surface area contributed by atoms with E-state index in [2.05, 4.69) is 0 Å². The molecule has 0 aromatic heterocycles. The van der Waals surface area contributed by atoms with Gasteiger partial charge in [-0.05, 0) is 37.3 Å². The highest BCUT2D eigenvalue weighted by Crippen LogP contribution is 2.33. The second-order valence-corrected chi connectivity index (χ2v) is 5.33. The zero-order valence-electron chi connectivity index (χ0n) is 6.91. The third-order valence-electron chi connectivity index (χ3n) is 2.42. The molecule has 0 saturated carbocycles. The zero-order valence-corrected chi connectivity index (χ0v) is 7.73. The molecule has 2 aliphatic rings. The lowest BCUT2D eigenvalue weighted by molar-refractivity contribution is 0.596. The van der Waals surface area contributed by atoms with Crippen LogP contribution in [0.4, 0.5) is 0 Å². The second-order valence-electron chi connectivity index (χ2n) is 3.38. The minimum absolute atomic E-state index is 0.312. The highest BCUT2D eigenvalue weighted by atomic mass is 32.2. The summed E-state index contributed by atoms with van der Waals surface area (Å²) in [5.74, 6) is 0.312. The van der Waals surface area contributed by atoms with Crippen LogP contribution < -0.4 is 0 Å². The molecule has 0 spiro atoms. The molecule has 0 atom stereocenters. The molecular formula is C9H12O2S. The summed E-state index contributed by atoms with van der Waals surface area (Å²) in [5.41, 5.74) is 1.14. The van der Waals surface area contributed by atoms with Gasteiger partial charge in [0, 0.05) is 0 Å². The van der Waals surface area contributed by atoms with Gasteiger partial charge in [0.05, 0.1) is 10.7 Å². The summed E-state index contributed by atoms with van der Waals surface area (Å²) in [6.45, 7) is 0. The van der Waals surface area contributed by atoms with Gasteiger partial charge in [-0.3, -0.25) is 0 Å². The molecule has 0 fully saturated rings. The van der Waals surface area contributed by atoms with Crippen molar-refractivity contribution in [1.29, 1.82) is 0 Å². The van der Waals surface area contributed by atoms with Gasteiger partial charge in [-0.2, -0.15) is 0 Å². The maximum atomic E-state index is 11.2. The fourth-order valence-electron chi connectivity index (χ4n) is 1.73. The highest BCUT2D eigenvalue weighted by molar-refractivity contribution is 7.97. The summed E-state index contributed by atoms with van der Waals surface area (Å²) >= 11 is 0. The maximum absolute atomic E-state index is 11.2. The van der Waals surface area contributed by atoms with E-state index < -0.39 is 9.84 Å². The van der Waals surface area contributed by atoms with Gasteiger partial charge in [0.25, 0.3) is 0 Å². The predicted octanol–water partition coefficient (Wildman–Crippen LogP) is 1.80. The number of hydrogen-bond acceptors (Lipinski definition) is 2. The SMILES string of the molecule is O=S1(=O)CC2=C1C=CCCCC2. The molecule has 2 nitrogen and oxygen atoms in total. The van der Waals surface area contributed by atoms with Crippen molar-refractivity contribution in [2.75, 3.05) is 5.75 Å². The van der Waals surface area contributed by atoms with Gasteiger partial charge in [-0.25, -0.2) is 8.42 Å². The van der Waals surface area contributed by atoms with Gasteiger partial charge in [-0.15, -0.1) is 0 Å². The fourth-order valence-corrected chi connectivity index (χ4v) is 3.31. The molecule has 0 aromatic rings. The smallest absolute Gasteiger partial charge is 0.182 e. The monoisotopic (exact) mass is 184 g/mol. The summed E-state index contributed by atoms with van der Waals surface area (Å²) in [7, 11) is -2.83. The van der Waals surface area contributed by atoms with Crippen molar-refractivity contribution < 1.29 is 8.42 Å². The molecule has 66 valence electrons. The molecule has 0 aromatic carbocycles. The van der Waals surface area contributed by atoms with Gasteiger partial charge in [0.1, 0.15) is 0 Å². The Kier molecular flexibility index (Phi) is 1.83. The Morgan fingerprint density at radius 3 is 2.83 bits per heavy atom. The number of allylic oxidation sites excluding steroid dienone is 2. The van der Waals surface area contributed by atoms with Gasteiger partial charge in [-0.1, -0.05) is 6.08 Å². The Hall–Kier alpha value is -0.570. The third-order valence-corrected chi connectivity index (χ3v) is 4.24. The highest BCUT2D eigenvalue weighted by Gasteiger charge is 2.31. The van der Waals surface area contributed by atoms with Crippen molar-refractivity contribution in [1.82, 2.24) is 0 Å². The van der Waals surface area contributed by atoms with E-state index in [0.29, 0.717) is 10.7 Å². The normalized spacial score (nSPS) is 27.0. The molecule has 0 amide bonds. The molecule has 1 heterocycles. The first-order chi connectivity index (χ1) is 5.70. The predicted molar refractivity (Wildman–Crippen MR) is 48.4 cm³/mol. The zero-order chi connectivity index (χ0) is 8.60. The van der Waals surface area contributed by atoms with Crippen molar-refractivity contribution in [3.63, 3.8) is 0 Å². The van der Waals surface area contributed by atoms with E-state index in [4.69, 9.17) is 0 Å². The molecule has 12 heavy (non-hydrogen) atoms. The standard InChI is InChI=1S/C9H12O2S/c10-12(11)7-8-5-3-1-2-4-6-9(8)12/h4,6H,1-3,5,7H2. The van der Waals surface area contributed by atoms with Crippen LogP contribution in [0, 0.1) is 0 Å². The first-order valence-electron chi connectivity index (χ1n) is 4.31. The third kappa shape index (κ3) is 1.22. The van der Waals surface area contributed by atoms with Crippen LogP contribution in [0.2, 0.25) is 0 Å². The Morgan fingerprint density at radius 2 is 2.08 bits per heavy atom. The molecule has 0 unspecified atom stereocenters. The first kappa shape index (κ1) is 8.05. The lowest BCUT2D eigenvalue weighted by Gasteiger charge is -2.23. The van der Waals surface area contributed by atoms with Crippen molar-refractivity contribution in [2.24, 2.45) is 0 Å². The molecule has 0 N–H and O–H groups in total. The minimum atomic E-state index is -2.83. The lowest BCUT2D eigenvalue weighted by atomic mass is 10.0. The average molecular weight is 184 g/mol. The van der Waals surface area contributed by atoms with Gasteiger partial charge >= 0.3 is 0 Å². The summed E-state index contributed by atoms with van der Waals surface area (Å²) < 4.78 is 22.4. The summed E-state index contributed by atoms with van der Waals surface area (Å²) in [6, 6.07) is 0. The minimum Gasteiger partial charge on any atom is -0.223 e. The van der Waals surface area contributed by atoms with Crippen molar-refractivity contribution in [3.05, 3.63) is 22.6 Å². The number of rotatable bonds is 0. The van der Waals surface area contributed by atoms with Crippen molar-refractivity contribution in [3.8, 4) is 0 Å². The van der Waals surface area contributed by atoms with E-state index in [9.17, 15) is 8.42 Å². The molecule has 0 radical (unpaired) electrons. The Labute approximate surface area is 72.9 Å². The van der Waals surface area contributed by atoms with E-state index in [-0.39, 0.29) is 0 Å². The Bertz CT molecular complexity index is 347. The van der Waals surface area contributed by atoms with E-state index in [1.165, 1.54) is 6.42 Å². The Balaban J connectivity index is 2.35. The van der Waals surface area contributed by atoms with Crippen LogP contribution in [0.15, 0.2) is 22.6 Å². The van der Waals surface area contributed by atoms with Crippen LogP contribution in [0.1, 0.15) is 25.7 Å². The van der Waals surface area contributed by atoms with Crippen LogP contribution in [0.5, 0.6) is 0 Å². The van der Waals surface area contributed by atoms with Crippen LogP contribution in [-0.4, -0.2) is 14.2 Å². The summed E-state index contributed by atoms with van der Waals surface area (Å²) in [6.07, 6.45) is 8.09. The van der Waals surface area contributed by atoms with Crippen molar-refractivity contribution in [2.45, 2.75) is 25.7 Å². The van der Waals surface area contributed by atoms with Crippen LogP contribution in [0.3, 0.4) is 0 Å². The van der Waals surface area contributed by atoms with E-state index in [0.717, 1.165) is 24.8 Å². The number of hydrogen-bond donors (Lipinski definition) is 0. The lowest BCUT2D eigenvalue weighted by Crippen LogP contribution is -2.23. The van der Waals surface area contributed by atoms with Crippen LogP contribution in [0.25, 0.3) is 0 Å². The molecular weight excluding hydrogens is 172 g/mol. The molecule has 0 bridgehead atoms. The van der Waals surface area contributed by atoms with E-state index in [1.54, 1.807) is 6.08 Å². The van der Waals surface area contributed by atoms with Crippen LogP contribution >= 0.6 is 0 Å². The molecule has 1 aliphatic carbocycles. The first-order valence-corrected chi connectivity index (χ1v) is 5.97. The molecule has 1 aliphatic heterocycles. The molecule has 2 rings (SSSR count). The molecule has 0 saturated heterocycles. The van der Waals surface area contributed by atoms with Gasteiger partial charge < -0.3 is 0 Å². The number of sulfone groups is 1. The largest absolute Gasteiger partial charge is 0.223 e. The van der Waals surface area contributed by atoms with Gasteiger partial charge in [0.15, 0.2) is 9.84 Å². The second kappa shape index (κ2) is 2.73. The van der Waals surface area contributed by atoms with Crippen molar-refractivity contribution >= 4 is 9.84 Å². The van der Waals surface area contributed by atoms with Crippen LogP contribution in [-0.2, 0) is 9.84 Å². The van der Waals surface area contributed by atoms with E-state index >= 15 is 0 Å². The summed E-state index contributed by atoms with van der Waals surface area (Å²) in [4.78, 5) is 0.613. The fraction of sp³-hybridized carbons (Fsp3) is 0.556. The topological polar surface area (TPSA) is 34.1 Å². The summed E-state index contributed by atoms with van der Waals surface area (Å²) in [5, 5.41) is 0. The van der Waals surface area contributed by atoms with E-state index in [1.807, 2.05) is 6.08 Å². The average Bonchev–Trinajstić information content (AvgIpc) is 1.95. The Morgan fingerprint density at radius 1 is 1.25 bits per heavy atom. The van der Waals surface area contributed by atoms with Gasteiger partial charge in [0.2, 0.25) is 0 Å². The quantitative estimate of drug-likeness (QED) is 0.575. The molecule has 3 heteroatoms. The maximum Gasteiger partial charge on any atom is 0.182 e.